The summed E-state index contributed by atoms with van der Waals surface area (Å²) in [6.45, 7) is 5.48. The number of piperidine rings is 1. The van der Waals surface area contributed by atoms with Gasteiger partial charge in [0.15, 0.2) is 5.67 Å². The summed E-state index contributed by atoms with van der Waals surface area (Å²) < 4.78 is 29.5. The van der Waals surface area contributed by atoms with Crippen LogP contribution in [0.3, 0.4) is 0 Å². The van der Waals surface area contributed by atoms with Crippen molar-refractivity contribution in [2.24, 2.45) is 0 Å². The third kappa shape index (κ3) is 7.32. The van der Waals surface area contributed by atoms with Crippen molar-refractivity contribution in [3.8, 4) is 11.8 Å². The normalized spacial score (nSPS) is 19.8. The van der Waals surface area contributed by atoms with E-state index in [0.29, 0.717) is 43.5 Å². The highest BCUT2D eigenvalue weighted by Crippen LogP contribution is 2.44. The van der Waals surface area contributed by atoms with Crippen LogP contribution in [0.2, 0.25) is 0 Å². The molecule has 3 aromatic rings. The fourth-order valence-corrected chi connectivity index (χ4v) is 5.73. The molecule has 0 bridgehead atoms. The lowest BCUT2D eigenvalue weighted by Crippen LogP contribution is -2.52. The first kappa shape index (κ1) is 30.0. The monoisotopic (exact) mass is 587 g/mol. The van der Waals surface area contributed by atoms with Gasteiger partial charge in [-0.2, -0.15) is 5.26 Å². The second kappa shape index (κ2) is 13.3. The Hall–Kier alpha value is -4.43. The van der Waals surface area contributed by atoms with E-state index in [1.165, 1.54) is 12.1 Å². The second-order valence-electron chi connectivity index (χ2n) is 11.2. The first-order valence-electron chi connectivity index (χ1n) is 14.6. The number of benzene rings is 2. The summed E-state index contributed by atoms with van der Waals surface area (Å²) in [4.78, 5) is 30.7. The molecule has 1 aliphatic carbocycles. The number of aromatic nitrogens is 3. The molecule has 2 aromatic carbocycles. The molecule has 2 amide bonds. The van der Waals surface area contributed by atoms with Crippen LogP contribution in [0.1, 0.15) is 53.9 Å². The number of amides is 2. The van der Waals surface area contributed by atoms with Crippen LogP contribution in [0, 0.1) is 17.1 Å². The summed E-state index contributed by atoms with van der Waals surface area (Å²) >= 11 is 0. The van der Waals surface area contributed by atoms with Crippen LogP contribution in [0.25, 0.3) is 5.69 Å². The third-order valence-corrected chi connectivity index (χ3v) is 8.31. The largest absolute Gasteiger partial charge is 0.341 e. The number of alkyl halides is 1. The molecular formula is C32H35F2N7O2. The maximum absolute atomic E-state index is 14.5. The SMILES string of the molecule is C=CCN(CCC[C@H](NC(=O)c1ccc(-n2ccnn2)cc1)C(=O)N1CCC(F)(C#N)CC1)C1C[C@H]1c1ccc(F)cc1. The van der Waals surface area contributed by atoms with Crippen molar-refractivity contribution in [2.75, 3.05) is 26.2 Å². The van der Waals surface area contributed by atoms with E-state index in [2.05, 4.69) is 27.1 Å². The molecular weight excluding hydrogens is 552 g/mol. The van der Waals surface area contributed by atoms with E-state index < -0.39 is 11.7 Å². The molecule has 9 nitrogen and oxygen atoms in total. The second-order valence-corrected chi connectivity index (χ2v) is 11.2. The number of nitrogens with zero attached hydrogens (tertiary/aromatic N) is 6. The minimum atomic E-state index is -1.93. The minimum absolute atomic E-state index is 0.0563. The van der Waals surface area contributed by atoms with E-state index in [1.807, 2.05) is 18.2 Å². The van der Waals surface area contributed by atoms with Crippen LogP contribution in [0.15, 0.2) is 73.6 Å². The first-order valence-corrected chi connectivity index (χ1v) is 14.6. The van der Waals surface area contributed by atoms with Gasteiger partial charge in [0, 0.05) is 50.0 Å². The van der Waals surface area contributed by atoms with E-state index in [9.17, 15) is 18.4 Å². The predicted molar refractivity (Wildman–Crippen MR) is 156 cm³/mol. The van der Waals surface area contributed by atoms with Gasteiger partial charge in [-0.05, 0) is 67.8 Å². The molecule has 3 atom stereocenters. The summed E-state index contributed by atoms with van der Waals surface area (Å²) in [5, 5.41) is 19.8. The number of rotatable bonds is 12. The number of hydrogen-bond acceptors (Lipinski definition) is 6. The predicted octanol–water partition coefficient (Wildman–Crippen LogP) is 4.18. The van der Waals surface area contributed by atoms with Crippen molar-refractivity contribution in [3.63, 3.8) is 0 Å². The van der Waals surface area contributed by atoms with Gasteiger partial charge in [-0.25, -0.2) is 13.5 Å². The fraction of sp³-hybridized carbons (Fsp3) is 0.406. The zero-order chi connectivity index (χ0) is 30.4. The maximum Gasteiger partial charge on any atom is 0.251 e. The van der Waals surface area contributed by atoms with Gasteiger partial charge < -0.3 is 10.2 Å². The van der Waals surface area contributed by atoms with Gasteiger partial charge in [0.2, 0.25) is 5.91 Å². The molecule has 2 aliphatic rings. The molecule has 11 heteroatoms. The van der Waals surface area contributed by atoms with Crippen LogP contribution in [0.5, 0.6) is 0 Å². The molecule has 1 saturated carbocycles. The Morgan fingerprint density at radius 1 is 1.19 bits per heavy atom. The van der Waals surface area contributed by atoms with Crippen molar-refractivity contribution in [3.05, 3.63) is 90.5 Å². The molecule has 5 rings (SSSR count). The number of hydrogen-bond donors (Lipinski definition) is 1. The molecule has 0 spiro atoms. The highest BCUT2D eigenvalue weighted by Gasteiger charge is 2.42. The zero-order valence-electron chi connectivity index (χ0n) is 23.9. The minimum Gasteiger partial charge on any atom is -0.341 e. The Labute approximate surface area is 249 Å². The van der Waals surface area contributed by atoms with Gasteiger partial charge in [-0.1, -0.05) is 23.4 Å². The Morgan fingerprint density at radius 2 is 1.91 bits per heavy atom. The summed E-state index contributed by atoms with van der Waals surface area (Å²) in [6, 6.07) is 14.6. The molecule has 1 unspecified atom stereocenters. The summed E-state index contributed by atoms with van der Waals surface area (Å²) in [5.41, 5.74) is 0.296. The van der Waals surface area contributed by atoms with Gasteiger partial charge in [-0.3, -0.25) is 14.5 Å². The van der Waals surface area contributed by atoms with E-state index >= 15 is 0 Å². The lowest BCUT2D eigenvalue weighted by Gasteiger charge is -2.35. The number of carbonyl (C=O) groups is 2. The van der Waals surface area contributed by atoms with Gasteiger partial charge in [0.05, 0.1) is 18.1 Å². The topological polar surface area (TPSA) is 107 Å². The average molecular weight is 588 g/mol. The molecule has 1 saturated heterocycles. The average Bonchev–Trinajstić information content (AvgIpc) is 3.62. The van der Waals surface area contributed by atoms with Gasteiger partial charge in [-0.15, -0.1) is 11.7 Å². The molecule has 0 radical (unpaired) electrons. The van der Waals surface area contributed by atoms with Crippen LogP contribution in [-0.2, 0) is 4.79 Å². The van der Waals surface area contributed by atoms with Crippen molar-refractivity contribution < 1.29 is 18.4 Å². The van der Waals surface area contributed by atoms with Crippen LogP contribution < -0.4 is 5.32 Å². The number of likely N-dealkylation sites (tertiary alicyclic amines) is 1. The van der Waals surface area contributed by atoms with E-state index in [1.54, 1.807) is 52.3 Å². The molecule has 1 aromatic heterocycles. The van der Waals surface area contributed by atoms with E-state index in [-0.39, 0.29) is 43.6 Å². The van der Waals surface area contributed by atoms with Gasteiger partial charge in [0.25, 0.3) is 5.91 Å². The van der Waals surface area contributed by atoms with Crippen molar-refractivity contribution >= 4 is 11.8 Å². The van der Waals surface area contributed by atoms with Gasteiger partial charge >= 0.3 is 0 Å². The molecule has 2 heterocycles. The third-order valence-electron chi connectivity index (χ3n) is 8.31. The summed E-state index contributed by atoms with van der Waals surface area (Å²) in [6.07, 6.45) is 6.96. The standard InChI is InChI=1S/C32H35F2N7O2/c1-2-16-39(29-21-27(29)23-5-9-25(33)10-6-23)17-3-4-28(31(43)40-18-13-32(34,22-35)14-19-40)37-30(42)24-7-11-26(12-8-24)41-20-15-36-38-41/h2,5-12,15,20,27-29H,1,3-4,13-14,16-19,21H2,(H,37,42)/t27-,28-,29?/m0/s1. The molecule has 224 valence electrons. The summed E-state index contributed by atoms with van der Waals surface area (Å²) in [5.74, 6) is -0.615. The van der Waals surface area contributed by atoms with Gasteiger partial charge in [0.1, 0.15) is 17.9 Å². The zero-order valence-corrected chi connectivity index (χ0v) is 23.9. The summed E-state index contributed by atoms with van der Waals surface area (Å²) in [7, 11) is 0. The molecule has 1 N–H and O–H groups in total. The Kier molecular flexibility index (Phi) is 9.26. The van der Waals surface area contributed by atoms with Crippen molar-refractivity contribution in [2.45, 2.75) is 55.8 Å². The Bertz CT molecular complexity index is 1450. The number of carbonyl (C=O) groups excluding carboxylic acids is 2. The lowest BCUT2D eigenvalue weighted by molar-refractivity contribution is -0.135. The molecule has 2 fully saturated rings. The van der Waals surface area contributed by atoms with Crippen LogP contribution >= 0.6 is 0 Å². The number of nitriles is 1. The van der Waals surface area contributed by atoms with E-state index in [4.69, 9.17) is 5.26 Å². The number of nitrogens with one attached hydrogen (secondary N) is 1. The van der Waals surface area contributed by atoms with Crippen molar-refractivity contribution in [1.29, 1.82) is 5.26 Å². The number of halogens is 2. The highest BCUT2D eigenvalue weighted by atomic mass is 19.1. The smallest absolute Gasteiger partial charge is 0.251 e. The van der Waals surface area contributed by atoms with Crippen LogP contribution in [-0.4, -0.2) is 80.5 Å². The first-order chi connectivity index (χ1) is 20.8. The Morgan fingerprint density at radius 3 is 2.53 bits per heavy atom. The van der Waals surface area contributed by atoms with Crippen LogP contribution in [0.4, 0.5) is 8.78 Å². The maximum atomic E-state index is 14.5. The Balaban J connectivity index is 1.24. The molecule has 1 aliphatic heterocycles. The van der Waals surface area contributed by atoms with E-state index in [0.717, 1.165) is 17.7 Å². The quantitative estimate of drug-likeness (QED) is 0.319. The molecule has 43 heavy (non-hydrogen) atoms. The highest BCUT2D eigenvalue weighted by molar-refractivity contribution is 5.97. The van der Waals surface area contributed by atoms with Crippen molar-refractivity contribution in [1.82, 2.24) is 30.1 Å². The lowest BCUT2D eigenvalue weighted by atomic mass is 9.94. The fourth-order valence-electron chi connectivity index (χ4n) is 5.73.